The van der Waals surface area contributed by atoms with E-state index in [2.05, 4.69) is 60.7 Å². The minimum Gasteiger partial charge on any atom is -0.356 e. The molecule has 0 aliphatic carbocycles. The molecule has 0 aliphatic rings. The van der Waals surface area contributed by atoms with Gasteiger partial charge in [0.1, 0.15) is 0 Å². The highest BCUT2D eigenvalue weighted by molar-refractivity contribution is 5.76. The summed E-state index contributed by atoms with van der Waals surface area (Å²) >= 11 is 0. The fraction of sp³-hybridized carbons (Fsp3) is 0.850. The average Bonchev–Trinajstić information content (AvgIpc) is 3.03. The summed E-state index contributed by atoms with van der Waals surface area (Å²) in [4.78, 5) is 26.5. The second-order valence-corrected chi connectivity index (χ2v) is 13.3. The van der Waals surface area contributed by atoms with Gasteiger partial charge in [0.15, 0.2) is 0 Å². The number of nitrogens with one attached hydrogen (secondary N) is 2. The van der Waals surface area contributed by atoms with Crippen molar-refractivity contribution in [3.63, 3.8) is 0 Å². The molecule has 0 saturated carbocycles. The maximum atomic E-state index is 12.1. The zero-order valence-electron chi connectivity index (χ0n) is 30.5. The van der Waals surface area contributed by atoms with Gasteiger partial charge in [0, 0.05) is 32.5 Å². The lowest BCUT2D eigenvalue weighted by Gasteiger charge is -2.17. The number of unbranched alkanes of at least 4 members (excludes halogenated alkanes) is 20. The molecule has 0 bridgehead atoms. The van der Waals surface area contributed by atoms with Crippen LogP contribution in [0.4, 0.5) is 0 Å². The molecule has 0 aliphatic heterocycles. The monoisotopic (exact) mass is 632 g/mol. The van der Waals surface area contributed by atoms with Crippen molar-refractivity contribution in [1.82, 2.24) is 15.5 Å². The van der Waals surface area contributed by atoms with Crippen molar-refractivity contribution in [2.24, 2.45) is 0 Å². The van der Waals surface area contributed by atoms with E-state index in [1.54, 1.807) is 0 Å². The van der Waals surface area contributed by atoms with Crippen molar-refractivity contribution in [3.8, 4) is 0 Å². The van der Waals surface area contributed by atoms with Crippen molar-refractivity contribution in [2.75, 3.05) is 33.2 Å². The van der Waals surface area contributed by atoms with Gasteiger partial charge in [-0.1, -0.05) is 128 Å². The Morgan fingerprint density at radius 1 is 0.444 bits per heavy atom. The Hall–Kier alpha value is -1.62. The second kappa shape index (κ2) is 36.8. The first-order valence-corrected chi connectivity index (χ1v) is 19.6. The van der Waals surface area contributed by atoms with E-state index < -0.39 is 0 Å². The maximum Gasteiger partial charge on any atom is 0.220 e. The highest BCUT2D eigenvalue weighted by atomic mass is 16.2. The standard InChI is InChI=1S/C40H77N3O2/c1-4-6-8-10-12-14-16-18-19-21-23-25-27-29-31-34-40(45)42-36-38-43(3)37-32-35-41-39(44)33-30-28-26-24-22-20-17-15-13-11-9-7-5-2/h18-20,22H,4-17,21,23-38H2,1-3H3,(H,41,44)(H,42,45). The van der Waals surface area contributed by atoms with Crippen molar-refractivity contribution in [1.29, 1.82) is 0 Å². The Morgan fingerprint density at radius 2 is 0.800 bits per heavy atom. The summed E-state index contributed by atoms with van der Waals surface area (Å²) in [5.74, 6) is 0.358. The molecule has 5 nitrogen and oxygen atoms in total. The fourth-order valence-electron chi connectivity index (χ4n) is 5.61. The maximum absolute atomic E-state index is 12.1. The van der Waals surface area contributed by atoms with Gasteiger partial charge in [-0.3, -0.25) is 9.59 Å². The molecule has 45 heavy (non-hydrogen) atoms. The molecule has 0 fully saturated rings. The molecule has 0 aromatic heterocycles. The summed E-state index contributed by atoms with van der Waals surface area (Å²) in [6, 6.07) is 0. The first kappa shape index (κ1) is 43.4. The number of likely N-dealkylation sites (N-methyl/N-ethyl adjacent to an activating group) is 1. The summed E-state index contributed by atoms with van der Waals surface area (Å²) < 4.78 is 0. The third kappa shape index (κ3) is 36.7. The van der Waals surface area contributed by atoms with Crippen molar-refractivity contribution < 1.29 is 9.59 Å². The first-order chi connectivity index (χ1) is 22.1. The highest BCUT2D eigenvalue weighted by Gasteiger charge is 2.04. The zero-order chi connectivity index (χ0) is 32.9. The molecular formula is C40H77N3O2. The second-order valence-electron chi connectivity index (χ2n) is 13.3. The van der Waals surface area contributed by atoms with Crippen LogP contribution in [0.3, 0.4) is 0 Å². The molecule has 2 amide bonds. The van der Waals surface area contributed by atoms with Crippen LogP contribution in [0.5, 0.6) is 0 Å². The number of rotatable bonds is 35. The third-order valence-electron chi connectivity index (χ3n) is 8.69. The molecule has 0 unspecified atom stereocenters. The summed E-state index contributed by atoms with van der Waals surface area (Å²) in [5, 5.41) is 6.13. The van der Waals surface area contributed by atoms with E-state index in [9.17, 15) is 9.59 Å². The van der Waals surface area contributed by atoms with Crippen LogP contribution in [-0.2, 0) is 9.59 Å². The molecule has 0 saturated heterocycles. The highest BCUT2D eigenvalue weighted by Crippen LogP contribution is 2.11. The fourth-order valence-corrected chi connectivity index (χ4v) is 5.61. The minimum absolute atomic E-state index is 0.178. The summed E-state index contributed by atoms with van der Waals surface area (Å²) in [7, 11) is 2.08. The van der Waals surface area contributed by atoms with E-state index in [0.717, 1.165) is 58.2 Å². The first-order valence-electron chi connectivity index (χ1n) is 19.6. The number of carbonyl (C=O) groups is 2. The molecule has 0 spiro atoms. The van der Waals surface area contributed by atoms with Crippen LogP contribution in [0.25, 0.3) is 0 Å². The van der Waals surface area contributed by atoms with Gasteiger partial charge in [-0.2, -0.15) is 0 Å². The number of hydrogen-bond acceptors (Lipinski definition) is 3. The molecule has 0 atom stereocenters. The van der Waals surface area contributed by atoms with E-state index in [-0.39, 0.29) is 11.8 Å². The van der Waals surface area contributed by atoms with Gasteiger partial charge >= 0.3 is 0 Å². The SMILES string of the molecule is CCCCCCCCC=CCCCCCCCC(=O)NCCN(C)CCCNC(=O)CCCCCC=CCCCCCCCC. The summed E-state index contributed by atoms with van der Waals surface area (Å²) in [6.45, 7) is 7.74. The number of hydrogen-bond donors (Lipinski definition) is 2. The normalized spacial score (nSPS) is 11.7. The topological polar surface area (TPSA) is 61.4 Å². The Kier molecular flexibility index (Phi) is 35.5. The van der Waals surface area contributed by atoms with Crippen LogP contribution in [-0.4, -0.2) is 49.9 Å². The van der Waals surface area contributed by atoms with Gasteiger partial charge < -0.3 is 15.5 Å². The van der Waals surface area contributed by atoms with Crippen molar-refractivity contribution in [2.45, 2.75) is 187 Å². The van der Waals surface area contributed by atoms with Crippen LogP contribution in [0, 0.1) is 0 Å². The molecule has 0 aromatic rings. The predicted octanol–water partition coefficient (Wildman–Crippen LogP) is 10.8. The van der Waals surface area contributed by atoms with Gasteiger partial charge in [-0.05, 0) is 84.2 Å². The van der Waals surface area contributed by atoms with Crippen LogP contribution in [0.15, 0.2) is 24.3 Å². The van der Waals surface area contributed by atoms with Crippen LogP contribution in [0.2, 0.25) is 0 Å². The number of carbonyl (C=O) groups excluding carboxylic acids is 2. The Bertz CT molecular complexity index is 691. The molecule has 0 aromatic carbocycles. The van der Waals surface area contributed by atoms with Gasteiger partial charge in [-0.15, -0.1) is 0 Å². The van der Waals surface area contributed by atoms with Crippen molar-refractivity contribution >= 4 is 11.8 Å². The lowest BCUT2D eigenvalue weighted by atomic mass is 10.1. The quantitative estimate of drug-likeness (QED) is 0.0540. The molecule has 264 valence electrons. The average molecular weight is 632 g/mol. The lowest BCUT2D eigenvalue weighted by Crippen LogP contribution is -2.34. The van der Waals surface area contributed by atoms with E-state index in [1.807, 2.05) is 0 Å². The number of amides is 2. The minimum atomic E-state index is 0.178. The third-order valence-corrected chi connectivity index (χ3v) is 8.69. The van der Waals surface area contributed by atoms with Crippen molar-refractivity contribution in [3.05, 3.63) is 24.3 Å². The Morgan fingerprint density at radius 3 is 1.24 bits per heavy atom. The van der Waals surface area contributed by atoms with Gasteiger partial charge in [-0.25, -0.2) is 0 Å². The molecular weight excluding hydrogens is 554 g/mol. The lowest BCUT2D eigenvalue weighted by molar-refractivity contribution is -0.122. The van der Waals surface area contributed by atoms with E-state index >= 15 is 0 Å². The van der Waals surface area contributed by atoms with Gasteiger partial charge in [0.05, 0.1) is 0 Å². The predicted molar refractivity (Wildman–Crippen MR) is 198 cm³/mol. The zero-order valence-corrected chi connectivity index (χ0v) is 30.5. The largest absolute Gasteiger partial charge is 0.356 e. The summed E-state index contributed by atoms with van der Waals surface area (Å²) in [5.41, 5.74) is 0. The number of nitrogens with zero attached hydrogens (tertiary/aromatic N) is 1. The molecule has 0 rings (SSSR count). The Balaban J connectivity index is 3.43. The molecule has 0 radical (unpaired) electrons. The molecule has 5 heteroatoms. The van der Waals surface area contributed by atoms with Gasteiger partial charge in [0.2, 0.25) is 11.8 Å². The van der Waals surface area contributed by atoms with E-state index in [1.165, 1.54) is 122 Å². The van der Waals surface area contributed by atoms with Crippen LogP contribution < -0.4 is 10.6 Å². The molecule has 2 N–H and O–H groups in total. The van der Waals surface area contributed by atoms with Crippen LogP contribution >= 0.6 is 0 Å². The Labute approximate surface area is 281 Å². The smallest absolute Gasteiger partial charge is 0.220 e. The van der Waals surface area contributed by atoms with Crippen LogP contribution in [0.1, 0.15) is 187 Å². The van der Waals surface area contributed by atoms with E-state index in [4.69, 9.17) is 0 Å². The summed E-state index contributed by atoms with van der Waals surface area (Å²) in [6.07, 6.45) is 42.1. The van der Waals surface area contributed by atoms with E-state index in [0.29, 0.717) is 19.4 Å². The number of allylic oxidation sites excluding steroid dienone is 4. The molecule has 0 heterocycles. The van der Waals surface area contributed by atoms with Gasteiger partial charge in [0.25, 0.3) is 0 Å².